The summed E-state index contributed by atoms with van der Waals surface area (Å²) in [7, 11) is -0.0146. The van der Waals surface area contributed by atoms with Gasteiger partial charge in [-0.05, 0) is 86.8 Å². The number of aliphatic hydroxyl groups is 1. The van der Waals surface area contributed by atoms with Crippen molar-refractivity contribution in [1.82, 2.24) is 0 Å². The zero-order valence-electron chi connectivity index (χ0n) is 21.7. The molecule has 3 nitrogen and oxygen atoms in total. The first kappa shape index (κ1) is 26.9. The van der Waals surface area contributed by atoms with Crippen LogP contribution in [0.1, 0.15) is 45.4 Å². The molecule has 3 aromatic rings. The molecule has 0 spiro atoms. The van der Waals surface area contributed by atoms with E-state index in [0.717, 1.165) is 32.1 Å². The van der Waals surface area contributed by atoms with Gasteiger partial charge in [0.2, 0.25) is 0 Å². The fourth-order valence-corrected chi connectivity index (χ4v) is 9.10. The van der Waals surface area contributed by atoms with Crippen LogP contribution in [0.4, 0.5) is 8.78 Å². The van der Waals surface area contributed by atoms with Gasteiger partial charge in [-0.3, -0.25) is 0 Å². The second-order valence-electron chi connectivity index (χ2n) is 11.4. The van der Waals surface area contributed by atoms with Crippen molar-refractivity contribution in [2.24, 2.45) is 17.3 Å². The van der Waals surface area contributed by atoms with Gasteiger partial charge in [-0.25, -0.2) is 4.79 Å². The second-order valence-corrected chi connectivity index (χ2v) is 13.4. The van der Waals surface area contributed by atoms with E-state index in [2.05, 4.69) is 91.0 Å². The first-order chi connectivity index (χ1) is 18.1. The van der Waals surface area contributed by atoms with Crippen LogP contribution in [0.5, 0.6) is 0 Å². The Hall–Kier alpha value is -2.70. The number of halogens is 2. The van der Waals surface area contributed by atoms with E-state index in [1.54, 1.807) is 0 Å². The van der Waals surface area contributed by atoms with E-state index in [1.165, 1.54) is 14.7 Å². The third kappa shape index (κ3) is 6.13. The Balaban J connectivity index is 0.000000155. The molecule has 0 aliphatic heterocycles. The Morgan fingerprint density at radius 3 is 1.63 bits per heavy atom. The van der Waals surface area contributed by atoms with Crippen molar-refractivity contribution in [2.45, 2.75) is 71.7 Å². The zero-order chi connectivity index (χ0) is 26.8. The van der Waals surface area contributed by atoms with E-state index in [1.807, 2.05) is 0 Å². The molecule has 0 heterocycles. The smallest absolute Gasteiger partial charge is 0.376 e. The minimum absolute atomic E-state index is 0.0146. The lowest BCUT2D eigenvalue weighted by Gasteiger charge is -2.59. The van der Waals surface area contributed by atoms with Gasteiger partial charge in [0.15, 0.2) is 14.7 Å². The van der Waals surface area contributed by atoms with Crippen molar-refractivity contribution < 1.29 is 23.4 Å². The maximum atomic E-state index is 12.8. The third-order valence-electron chi connectivity index (χ3n) is 7.96. The largest absolute Gasteiger partial charge is 0.461 e. The van der Waals surface area contributed by atoms with Crippen LogP contribution in [0.25, 0.3) is 0 Å². The Labute approximate surface area is 226 Å². The Kier molecular flexibility index (Phi) is 7.65. The predicted octanol–water partition coefficient (Wildman–Crippen LogP) is 7.30. The number of hydrogen-bond acceptors (Lipinski definition) is 3. The number of benzene rings is 3. The van der Waals surface area contributed by atoms with Crippen LogP contribution in [0.3, 0.4) is 0 Å². The van der Waals surface area contributed by atoms with Crippen LogP contribution < -0.4 is 0 Å². The first-order valence-electron chi connectivity index (χ1n) is 13.3. The molecule has 7 rings (SSSR count). The number of rotatable bonds is 6. The molecule has 3 aromatic carbocycles. The average molecular weight is 538 g/mol. The molecule has 6 heteroatoms. The molecule has 4 aliphatic rings. The van der Waals surface area contributed by atoms with Crippen LogP contribution >= 0.6 is 0 Å². The molecule has 1 N–H and O–H groups in total. The number of ether oxygens (including phenoxy) is 1. The molecule has 200 valence electrons. The fraction of sp³-hybridized carbons (Fsp3) is 0.406. The molecule has 38 heavy (non-hydrogen) atoms. The van der Waals surface area contributed by atoms with Gasteiger partial charge in [-0.2, -0.15) is 8.78 Å². The third-order valence-corrected chi connectivity index (χ3v) is 10.2. The van der Waals surface area contributed by atoms with Crippen LogP contribution in [0.15, 0.2) is 106 Å². The van der Waals surface area contributed by atoms with Gasteiger partial charge in [-0.15, -0.1) is 0 Å². The normalized spacial score (nSPS) is 27.5. The SMILES string of the molecule is CC(F)(F)C(=O)OCC12CC3CC(CC(O)(C3)C1)C2.c1ccc([S+](c2ccccc2)c2ccccc2)cc1. The van der Waals surface area contributed by atoms with Crippen molar-refractivity contribution in [1.29, 1.82) is 0 Å². The van der Waals surface area contributed by atoms with E-state index in [0.29, 0.717) is 25.2 Å². The quantitative estimate of drug-likeness (QED) is 0.265. The average Bonchev–Trinajstić information content (AvgIpc) is 2.88. The fourth-order valence-electron chi connectivity index (χ4n) is 6.99. The number of carbonyl (C=O) groups is 1. The Morgan fingerprint density at radius 2 is 1.26 bits per heavy atom. The van der Waals surface area contributed by atoms with Crippen LogP contribution in [-0.4, -0.2) is 29.2 Å². The highest BCUT2D eigenvalue weighted by atomic mass is 32.2. The van der Waals surface area contributed by atoms with Crippen molar-refractivity contribution in [3.8, 4) is 0 Å². The Bertz CT molecular complexity index is 1110. The zero-order valence-corrected chi connectivity index (χ0v) is 22.5. The van der Waals surface area contributed by atoms with Crippen LogP contribution in [0, 0.1) is 17.3 Å². The molecular formula is C32H35F2O3S+. The number of alkyl halides is 2. The number of carbonyl (C=O) groups excluding carboxylic acids is 1. The van der Waals surface area contributed by atoms with E-state index >= 15 is 0 Å². The summed E-state index contributed by atoms with van der Waals surface area (Å²) < 4.78 is 30.5. The maximum Gasteiger partial charge on any atom is 0.376 e. The molecule has 4 fully saturated rings. The molecule has 0 aromatic heterocycles. The topological polar surface area (TPSA) is 46.5 Å². The lowest BCUT2D eigenvalue weighted by molar-refractivity contribution is -0.197. The molecular weight excluding hydrogens is 502 g/mol. The standard InChI is InChI=1S/C18H15S.C14H20F2O3/c1-4-10-16(11-5-1)19(17-12-6-2-7-13-17)18-14-8-3-9-15-18;1-12(15,16)11(17)19-8-13-3-9-2-10(4-13)6-14(18,5-9)7-13/h1-15H;9-10,18H,2-8H2,1H3/q+1;. The number of hydrogen-bond donors (Lipinski definition) is 1. The lowest BCUT2D eigenvalue weighted by atomic mass is 9.48. The minimum Gasteiger partial charge on any atom is -0.461 e. The van der Waals surface area contributed by atoms with Gasteiger partial charge in [-0.1, -0.05) is 54.6 Å². The highest BCUT2D eigenvalue weighted by Gasteiger charge is 2.57. The van der Waals surface area contributed by atoms with Crippen molar-refractivity contribution in [2.75, 3.05) is 6.61 Å². The summed E-state index contributed by atoms with van der Waals surface area (Å²) in [5.74, 6) is -3.95. The summed E-state index contributed by atoms with van der Waals surface area (Å²) in [5.41, 5.74) is -0.912. The summed E-state index contributed by atoms with van der Waals surface area (Å²) in [5, 5.41) is 10.5. The minimum atomic E-state index is -3.43. The molecule has 0 saturated heterocycles. The highest BCUT2D eigenvalue weighted by Crippen LogP contribution is 2.61. The predicted molar refractivity (Wildman–Crippen MR) is 145 cm³/mol. The summed E-state index contributed by atoms with van der Waals surface area (Å²) in [6.45, 7) is 0.590. The lowest BCUT2D eigenvalue weighted by Crippen LogP contribution is -2.57. The van der Waals surface area contributed by atoms with Gasteiger partial charge in [0, 0.05) is 12.3 Å². The maximum absolute atomic E-state index is 12.8. The van der Waals surface area contributed by atoms with E-state index in [4.69, 9.17) is 4.74 Å². The second kappa shape index (κ2) is 10.8. The summed E-state index contributed by atoms with van der Waals surface area (Å²) in [4.78, 5) is 15.3. The first-order valence-corrected chi connectivity index (χ1v) is 14.5. The van der Waals surface area contributed by atoms with E-state index < -0.39 is 17.5 Å². The molecule has 0 amide bonds. The molecule has 4 bridgehead atoms. The monoisotopic (exact) mass is 537 g/mol. The highest BCUT2D eigenvalue weighted by molar-refractivity contribution is 7.97. The van der Waals surface area contributed by atoms with E-state index in [-0.39, 0.29) is 22.9 Å². The molecule has 2 atom stereocenters. The Morgan fingerprint density at radius 1 is 0.842 bits per heavy atom. The molecule has 2 unspecified atom stereocenters. The van der Waals surface area contributed by atoms with Gasteiger partial charge in [0.05, 0.1) is 23.1 Å². The van der Waals surface area contributed by atoms with Gasteiger partial charge < -0.3 is 9.84 Å². The van der Waals surface area contributed by atoms with E-state index in [9.17, 15) is 18.7 Å². The summed E-state index contributed by atoms with van der Waals surface area (Å²) >= 11 is 0. The van der Waals surface area contributed by atoms with Crippen molar-refractivity contribution >= 4 is 16.9 Å². The molecule has 4 saturated carbocycles. The number of esters is 1. The molecule has 4 aliphatic carbocycles. The summed E-state index contributed by atoms with van der Waals surface area (Å²) in [6.07, 6.45) is 5.16. The van der Waals surface area contributed by atoms with Crippen LogP contribution in [0.2, 0.25) is 0 Å². The van der Waals surface area contributed by atoms with Gasteiger partial charge in [0.25, 0.3) is 0 Å². The van der Waals surface area contributed by atoms with Crippen molar-refractivity contribution in [3.63, 3.8) is 0 Å². The van der Waals surface area contributed by atoms with Crippen LogP contribution in [-0.2, 0) is 20.4 Å². The van der Waals surface area contributed by atoms with Crippen molar-refractivity contribution in [3.05, 3.63) is 91.0 Å². The van der Waals surface area contributed by atoms with Gasteiger partial charge >= 0.3 is 11.9 Å². The van der Waals surface area contributed by atoms with Gasteiger partial charge in [0.1, 0.15) is 0 Å². The molecule has 0 radical (unpaired) electrons. The summed E-state index contributed by atoms with van der Waals surface area (Å²) in [6, 6.07) is 32.2.